The van der Waals surface area contributed by atoms with Crippen molar-refractivity contribution in [3.8, 4) is 5.75 Å². The van der Waals surface area contributed by atoms with Crippen molar-refractivity contribution in [1.82, 2.24) is 15.5 Å². The van der Waals surface area contributed by atoms with Crippen molar-refractivity contribution >= 4 is 5.91 Å². The molecule has 6 heteroatoms. The number of hydrogen-bond donors (Lipinski definition) is 2. The molecule has 6 nitrogen and oxygen atoms in total. The van der Waals surface area contributed by atoms with Crippen LogP contribution in [0.1, 0.15) is 18.4 Å². The third-order valence-electron chi connectivity index (χ3n) is 4.57. The summed E-state index contributed by atoms with van der Waals surface area (Å²) in [4.78, 5) is 14.5. The Morgan fingerprint density at radius 2 is 2.17 bits per heavy atom. The highest BCUT2D eigenvalue weighted by atomic mass is 16.5. The number of carbonyl (C=O) groups is 1. The average molecular weight is 333 g/mol. The van der Waals surface area contributed by atoms with E-state index < -0.39 is 0 Å². The number of benzene rings is 1. The quantitative estimate of drug-likeness (QED) is 0.772. The van der Waals surface area contributed by atoms with Gasteiger partial charge in [0, 0.05) is 31.7 Å². The largest absolute Gasteiger partial charge is 0.492 e. The van der Waals surface area contributed by atoms with Crippen molar-refractivity contribution in [3.05, 3.63) is 29.8 Å². The Morgan fingerprint density at radius 3 is 2.96 bits per heavy atom. The molecule has 2 saturated heterocycles. The first-order valence-electron chi connectivity index (χ1n) is 8.85. The Morgan fingerprint density at radius 1 is 1.33 bits per heavy atom. The minimum Gasteiger partial charge on any atom is -0.492 e. The molecule has 132 valence electrons. The fraction of sp³-hybridized carbons (Fsp3) is 0.611. The third-order valence-corrected chi connectivity index (χ3v) is 4.57. The summed E-state index contributed by atoms with van der Waals surface area (Å²) in [6.45, 7) is 6.52. The normalized spacial score (nSPS) is 21.6. The maximum atomic E-state index is 12.1. The first kappa shape index (κ1) is 17.2. The maximum absolute atomic E-state index is 12.1. The zero-order valence-electron chi connectivity index (χ0n) is 14.1. The van der Waals surface area contributed by atoms with Crippen molar-refractivity contribution in [2.24, 2.45) is 0 Å². The van der Waals surface area contributed by atoms with Gasteiger partial charge in [-0.3, -0.25) is 9.69 Å². The number of ether oxygens (including phenoxy) is 2. The molecule has 3 rings (SSSR count). The molecule has 1 aromatic rings. The number of rotatable bonds is 7. The van der Waals surface area contributed by atoms with Gasteiger partial charge in [0.15, 0.2) is 0 Å². The van der Waals surface area contributed by atoms with Crippen molar-refractivity contribution in [3.63, 3.8) is 0 Å². The van der Waals surface area contributed by atoms with E-state index in [0.29, 0.717) is 13.2 Å². The highest BCUT2D eigenvalue weighted by Crippen LogP contribution is 2.18. The van der Waals surface area contributed by atoms with Gasteiger partial charge in [0.05, 0.1) is 19.3 Å². The number of morpholine rings is 1. The van der Waals surface area contributed by atoms with Gasteiger partial charge < -0.3 is 20.1 Å². The second-order valence-electron chi connectivity index (χ2n) is 6.28. The summed E-state index contributed by atoms with van der Waals surface area (Å²) in [5, 5.41) is 6.23. The molecule has 2 N–H and O–H groups in total. The number of nitrogens with one attached hydrogen (secondary N) is 2. The molecule has 2 aliphatic rings. The van der Waals surface area contributed by atoms with Gasteiger partial charge in [-0.15, -0.1) is 0 Å². The molecule has 1 atom stereocenters. The number of hydrogen-bond acceptors (Lipinski definition) is 5. The van der Waals surface area contributed by atoms with Gasteiger partial charge in [-0.05, 0) is 25.5 Å². The van der Waals surface area contributed by atoms with Crippen LogP contribution in [0, 0.1) is 0 Å². The topological polar surface area (TPSA) is 62.8 Å². The highest BCUT2D eigenvalue weighted by Gasteiger charge is 2.21. The zero-order chi connectivity index (χ0) is 16.6. The van der Waals surface area contributed by atoms with E-state index in [-0.39, 0.29) is 11.9 Å². The summed E-state index contributed by atoms with van der Waals surface area (Å²) in [6, 6.07) is 7.87. The Bertz CT molecular complexity index is 526. The van der Waals surface area contributed by atoms with Crippen LogP contribution in [0.4, 0.5) is 0 Å². The van der Waals surface area contributed by atoms with Crippen molar-refractivity contribution < 1.29 is 14.3 Å². The van der Waals surface area contributed by atoms with Crippen molar-refractivity contribution in [2.75, 3.05) is 46.0 Å². The molecule has 2 aliphatic heterocycles. The molecule has 1 amide bonds. The smallest absolute Gasteiger partial charge is 0.237 e. The Kier molecular flexibility index (Phi) is 6.46. The van der Waals surface area contributed by atoms with Crippen LogP contribution in [-0.4, -0.2) is 62.8 Å². The third kappa shape index (κ3) is 4.93. The van der Waals surface area contributed by atoms with Crippen LogP contribution >= 0.6 is 0 Å². The maximum Gasteiger partial charge on any atom is 0.237 e. The Labute approximate surface area is 143 Å². The van der Waals surface area contributed by atoms with Gasteiger partial charge in [-0.2, -0.15) is 0 Å². The van der Waals surface area contributed by atoms with Crippen molar-refractivity contribution in [1.29, 1.82) is 0 Å². The van der Waals surface area contributed by atoms with Crippen LogP contribution in [0.5, 0.6) is 5.75 Å². The summed E-state index contributed by atoms with van der Waals surface area (Å²) in [6.07, 6.45) is 1.99. The SMILES string of the molecule is O=C(NCc1ccccc1OCCN1CCOCC1)C1CCCN1. The fourth-order valence-corrected chi connectivity index (χ4v) is 3.11. The number of nitrogens with zero attached hydrogens (tertiary/aromatic N) is 1. The lowest BCUT2D eigenvalue weighted by Crippen LogP contribution is -2.40. The summed E-state index contributed by atoms with van der Waals surface area (Å²) < 4.78 is 11.3. The molecule has 1 unspecified atom stereocenters. The van der Waals surface area contributed by atoms with E-state index in [1.807, 2.05) is 24.3 Å². The van der Waals surface area contributed by atoms with Gasteiger partial charge >= 0.3 is 0 Å². The second kappa shape index (κ2) is 9.01. The van der Waals surface area contributed by atoms with Gasteiger partial charge in [-0.25, -0.2) is 0 Å². The molecule has 1 aromatic carbocycles. The monoisotopic (exact) mass is 333 g/mol. The Hall–Kier alpha value is -1.63. The standard InChI is InChI=1S/C18H27N3O3/c22-18(16-5-3-7-19-16)20-14-15-4-1-2-6-17(15)24-13-10-21-8-11-23-12-9-21/h1-2,4,6,16,19H,3,5,7-14H2,(H,20,22). The molecular weight excluding hydrogens is 306 g/mol. The first-order valence-corrected chi connectivity index (χ1v) is 8.85. The van der Waals surface area contributed by atoms with Crippen LogP contribution in [-0.2, 0) is 16.1 Å². The molecule has 2 fully saturated rings. The highest BCUT2D eigenvalue weighted by molar-refractivity contribution is 5.82. The molecule has 0 aromatic heterocycles. The van der Waals surface area contributed by atoms with E-state index in [1.54, 1.807) is 0 Å². The molecule has 0 spiro atoms. The van der Waals surface area contributed by atoms with E-state index in [4.69, 9.17) is 9.47 Å². The van der Waals surface area contributed by atoms with Gasteiger partial charge in [-0.1, -0.05) is 18.2 Å². The molecular formula is C18H27N3O3. The first-order chi connectivity index (χ1) is 11.8. The lowest BCUT2D eigenvalue weighted by atomic mass is 10.2. The van der Waals surface area contributed by atoms with E-state index in [2.05, 4.69) is 15.5 Å². The van der Waals surface area contributed by atoms with E-state index in [9.17, 15) is 4.79 Å². The van der Waals surface area contributed by atoms with Gasteiger partial charge in [0.1, 0.15) is 12.4 Å². The average Bonchev–Trinajstić information content (AvgIpc) is 3.16. The van der Waals surface area contributed by atoms with Crippen LogP contribution in [0.25, 0.3) is 0 Å². The summed E-state index contributed by atoms with van der Waals surface area (Å²) in [7, 11) is 0. The van der Waals surface area contributed by atoms with E-state index in [0.717, 1.165) is 63.5 Å². The van der Waals surface area contributed by atoms with Gasteiger partial charge in [0.2, 0.25) is 5.91 Å². The minimum absolute atomic E-state index is 0.0422. The molecule has 0 bridgehead atoms. The summed E-state index contributed by atoms with van der Waals surface area (Å²) in [5.74, 6) is 0.932. The number of carbonyl (C=O) groups excluding carboxylic acids is 1. The van der Waals surface area contributed by atoms with E-state index in [1.165, 1.54) is 0 Å². The lowest BCUT2D eigenvalue weighted by Gasteiger charge is -2.26. The predicted molar refractivity (Wildman–Crippen MR) is 92.1 cm³/mol. The predicted octanol–water partition coefficient (Wildman–Crippen LogP) is 0.766. The molecule has 0 radical (unpaired) electrons. The lowest BCUT2D eigenvalue weighted by molar-refractivity contribution is -0.122. The number of amides is 1. The zero-order valence-corrected chi connectivity index (χ0v) is 14.1. The minimum atomic E-state index is -0.0422. The fourth-order valence-electron chi connectivity index (χ4n) is 3.11. The molecule has 0 aliphatic carbocycles. The Balaban J connectivity index is 1.46. The van der Waals surface area contributed by atoms with Crippen LogP contribution in [0.2, 0.25) is 0 Å². The molecule has 0 saturated carbocycles. The van der Waals surface area contributed by atoms with Gasteiger partial charge in [0.25, 0.3) is 0 Å². The van der Waals surface area contributed by atoms with Crippen LogP contribution in [0.3, 0.4) is 0 Å². The molecule has 2 heterocycles. The summed E-state index contributed by atoms with van der Waals surface area (Å²) in [5.41, 5.74) is 1.02. The van der Waals surface area contributed by atoms with Crippen molar-refractivity contribution in [2.45, 2.75) is 25.4 Å². The second-order valence-corrected chi connectivity index (χ2v) is 6.28. The van der Waals surface area contributed by atoms with E-state index >= 15 is 0 Å². The summed E-state index contributed by atoms with van der Waals surface area (Å²) >= 11 is 0. The number of para-hydroxylation sites is 1. The molecule has 24 heavy (non-hydrogen) atoms. The van der Waals surface area contributed by atoms with Crippen LogP contribution < -0.4 is 15.4 Å². The van der Waals surface area contributed by atoms with Crippen LogP contribution in [0.15, 0.2) is 24.3 Å².